The van der Waals surface area contributed by atoms with Crippen LogP contribution in [-0.2, 0) is 16.1 Å². The van der Waals surface area contributed by atoms with E-state index in [0.29, 0.717) is 19.1 Å². The molecule has 1 fully saturated rings. The van der Waals surface area contributed by atoms with Crippen molar-refractivity contribution in [3.63, 3.8) is 0 Å². The van der Waals surface area contributed by atoms with E-state index in [1.807, 2.05) is 45.0 Å². The molecule has 0 aromatic heterocycles. The number of para-hydroxylation sites is 1. The molecule has 1 aromatic rings. The lowest BCUT2D eigenvalue weighted by Gasteiger charge is -2.26. The topological polar surface area (TPSA) is 87.2 Å². The zero-order valence-corrected chi connectivity index (χ0v) is 20.8. The van der Waals surface area contributed by atoms with Crippen LogP contribution in [0.15, 0.2) is 29.3 Å². The number of rotatable bonds is 8. The Bertz CT molecular complexity index is 673. The maximum absolute atomic E-state index is 12.0. The summed E-state index contributed by atoms with van der Waals surface area (Å²) in [5.41, 5.74) is 0.782. The van der Waals surface area contributed by atoms with E-state index >= 15 is 0 Å². The predicted molar refractivity (Wildman–Crippen MR) is 131 cm³/mol. The van der Waals surface area contributed by atoms with Crippen LogP contribution in [0.1, 0.15) is 26.3 Å². The number of morpholine rings is 1. The maximum Gasteiger partial charge on any atom is 0.239 e. The van der Waals surface area contributed by atoms with Crippen molar-refractivity contribution in [3.05, 3.63) is 29.8 Å². The first-order valence-electron chi connectivity index (χ1n) is 10.1. The van der Waals surface area contributed by atoms with E-state index in [1.54, 1.807) is 7.05 Å². The third kappa shape index (κ3) is 10.4. The molecule has 1 amide bonds. The molecule has 1 aliphatic rings. The van der Waals surface area contributed by atoms with Crippen molar-refractivity contribution in [3.8, 4) is 5.75 Å². The fourth-order valence-electron chi connectivity index (χ4n) is 2.93. The Kier molecular flexibility index (Phi) is 12.0. The Balaban J connectivity index is 0.00000450. The van der Waals surface area contributed by atoms with E-state index < -0.39 is 0 Å². The van der Waals surface area contributed by atoms with Gasteiger partial charge in [0, 0.05) is 44.3 Å². The number of guanidine groups is 1. The summed E-state index contributed by atoms with van der Waals surface area (Å²) in [7, 11) is 1.68. The van der Waals surface area contributed by atoms with Gasteiger partial charge in [-0.15, -0.1) is 24.0 Å². The monoisotopic (exact) mass is 533 g/mol. The zero-order chi connectivity index (χ0) is 21.1. The molecular weight excluding hydrogens is 497 g/mol. The molecule has 3 N–H and O–H groups in total. The molecule has 30 heavy (non-hydrogen) atoms. The van der Waals surface area contributed by atoms with Gasteiger partial charge in [0.25, 0.3) is 0 Å². The van der Waals surface area contributed by atoms with E-state index in [-0.39, 0.29) is 42.0 Å². The Morgan fingerprint density at radius 1 is 1.20 bits per heavy atom. The molecule has 0 spiro atoms. The largest absolute Gasteiger partial charge is 0.492 e. The Morgan fingerprint density at radius 3 is 2.57 bits per heavy atom. The summed E-state index contributed by atoms with van der Waals surface area (Å²) in [5.74, 6) is 1.35. The second-order valence-corrected chi connectivity index (χ2v) is 7.99. The summed E-state index contributed by atoms with van der Waals surface area (Å²) >= 11 is 0. The number of aliphatic imine (C=N–C) groups is 1. The van der Waals surface area contributed by atoms with Gasteiger partial charge in [-0.25, -0.2) is 0 Å². The second kappa shape index (κ2) is 13.7. The van der Waals surface area contributed by atoms with Gasteiger partial charge in [0.2, 0.25) is 5.91 Å². The number of carbonyl (C=O) groups is 1. The minimum atomic E-state index is -0.257. The fraction of sp³-hybridized carbons (Fsp3) is 0.619. The first-order valence-corrected chi connectivity index (χ1v) is 10.1. The van der Waals surface area contributed by atoms with Gasteiger partial charge in [-0.3, -0.25) is 14.7 Å². The van der Waals surface area contributed by atoms with Crippen LogP contribution in [-0.4, -0.2) is 75.4 Å². The Hall–Kier alpha value is -1.59. The highest BCUT2D eigenvalue weighted by Crippen LogP contribution is 2.17. The van der Waals surface area contributed by atoms with Crippen molar-refractivity contribution in [2.24, 2.45) is 4.99 Å². The highest BCUT2D eigenvalue weighted by Gasteiger charge is 2.14. The summed E-state index contributed by atoms with van der Waals surface area (Å²) < 4.78 is 11.4. The molecule has 1 heterocycles. The maximum atomic E-state index is 12.0. The smallest absolute Gasteiger partial charge is 0.239 e. The lowest BCUT2D eigenvalue weighted by Crippen LogP contribution is -2.48. The number of nitrogens with one attached hydrogen (secondary N) is 3. The molecule has 0 radical (unpaired) electrons. The van der Waals surface area contributed by atoms with Gasteiger partial charge in [-0.05, 0) is 26.8 Å². The zero-order valence-electron chi connectivity index (χ0n) is 18.5. The van der Waals surface area contributed by atoms with Crippen LogP contribution in [0.4, 0.5) is 0 Å². The van der Waals surface area contributed by atoms with Gasteiger partial charge in [0.05, 0.1) is 19.8 Å². The molecule has 0 bridgehead atoms. The lowest BCUT2D eigenvalue weighted by molar-refractivity contribution is -0.121. The average molecular weight is 533 g/mol. The summed E-state index contributed by atoms with van der Waals surface area (Å²) in [4.78, 5) is 18.5. The minimum Gasteiger partial charge on any atom is -0.492 e. The Labute approximate surface area is 197 Å². The second-order valence-electron chi connectivity index (χ2n) is 7.99. The van der Waals surface area contributed by atoms with E-state index in [4.69, 9.17) is 9.47 Å². The van der Waals surface area contributed by atoms with Crippen molar-refractivity contribution >= 4 is 35.8 Å². The average Bonchev–Trinajstić information content (AvgIpc) is 2.68. The molecule has 9 heteroatoms. The lowest BCUT2D eigenvalue weighted by atomic mass is 10.1. The molecule has 8 nitrogen and oxygen atoms in total. The highest BCUT2D eigenvalue weighted by molar-refractivity contribution is 14.0. The third-order valence-corrected chi connectivity index (χ3v) is 4.34. The molecule has 1 saturated heterocycles. The number of carbonyl (C=O) groups excluding carboxylic acids is 1. The number of amides is 1. The van der Waals surface area contributed by atoms with Crippen LogP contribution in [0.3, 0.4) is 0 Å². The van der Waals surface area contributed by atoms with Crippen LogP contribution in [0, 0.1) is 0 Å². The Morgan fingerprint density at radius 2 is 1.90 bits per heavy atom. The standard InChI is InChI=1S/C21H35N5O3.HI/c1-21(2,3)25-19(27)16-24-20(22-4)23-15-17-7-5-6-8-18(17)29-14-11-26-9-12-28-13-10-26;/h5-8H,9-16H2,1-4H3,(H,25,27)(H2,22,23,24);1H. The highest BCUT2D eigenvalue weighted by atomic mass is 127. The van der Waals surface area contributed by atoms with Crippen LogP contribution < -0.4 is 20.7 Å². The summed E-state index contributed by atoms with van der Waals surface area (Å²) in [6.07, 6.45) is 0. The molecule has 1 aliphatic heterocycles. The van der Waals surface area contributed by atoms with Crippen LogP contribution in [0.2, 0.25) is 0 Å². The van der Waals surface area contributed by atoms with Gasteiger partial charge in [0.1, 0.15) is 12.4 Å². The molecule has 2 rings (SSSR count). The SMILES string of the molecule is CN=C(NCC(=O)NC(C)(C)C)NCc1ccccc1OCCN1CCOCC1.I. The van der Waals surface area contributed by atoms with Gasteiger partial charge >= 0.3 is 0 Å². The summed E-state index contributed by atoms with van der Waals surface area (Å²) in [6, 6.07) is 7.95. The molecule has 0 atom stereocenters. The van der Waals surface area contributed by atoms with E-state index in [2.05, 4.69) is 25.8 Å². The van der Waals surface area contributed by atoms with Crippen molar-refractivity contribution in [2.75, 3.05) is 53.0 Å². The van der Waals surface area contributed by atoms with E-state index in [0.717, 1.165) is 44.2 Å². The minimum absolute atomic E-state index is 0. The van der Waals surface area contributed by atoms with Crippen LogP contribution in [0.5, 0.6) is 5.75 Å². The van der Waals surface area contributed by atoms with Crippen LogP contribution >= 0.6 is 24.0 Å². The van der Waals surface area contributed by atoms with E-state index in [1.165, 1.54) is 0 Å². The van der Waals surface area contributed by atoms with Crippen molar-refractivity contribution in [2.45, 2.75) is 32.9 Å². The van der Waals surface area contributed by atoms with Gasteiger partial charge in [0.15, 0.2) is 5.96 Å². The van der Waals surface area contributed by atoms with Crippen molar-refractivity contribution < 1.29 is 14.3 Å². The number of hydrogen-bond acceptors (Lipinski definition) is 5. The molecule has 0 saturated carbocycles. The van der Waals surface area contributed by atoms with Gasteiger partial charge in [-0.2, -0.15) is 0 Å². The van der Waals surface area contributed by atoms with Crippen molar-refractivity contribution in [1.29, 1.82) is 0 Å². The predicted octanol–water partition coefficient (Wildman–Crippen LogP) is 1.60. The third-order valence-electron chi connectivity index (χ3n) is 4.34. The number of hydrogen-bond donors (Lipinski definition) is 3. The number of halogens is 1. The normalized spacial score (nSPS) is 15.1. The first-order chi connectivity index (χ1) is 13.9. The van der Waals surface area contributed by atoms with Gasteiger partial charge in [-0.1, -0.05) is 18.2 Å². The van der Waals surface area contributed by atoms with Gasteiger partial charge < -0.3 is 25.4 Å². The van der Waals surface area contributed by atoms with E-state index in [9.17, 15) is 4.79 Å². The first kappa shape index (κ1) is 26.4. The molecule has 170 valence electrons. The quantitative estimate of drug-likeness (QED) is 0.268. The summed E-state index contributed by atoms with van der Waals surface area (Å²) in [5, 5.41) is 9.19. The van der Waals surface area contributed by atoms with Crippen molar-refractivity contribution in [1.82, 2.24) is 20.9 Å². The molecule has 0 unspecified atom stereocenters. The van der Waals surface area contributed by atoms with Crippen LogP contribution in [0.25, 0.3) is 0 Å². The number of nitrogens with zero attached hydrogens (tertiary/aromatic N) is 2. The number of ether oxygens (including phenoxy) is 2. The molecular formula is C21H36IN5O3. The number of benzene rings is 1. The fourth-order valence-corrected chi connectivity index (χ4v) is 2.93. The molecule has 1 aromatic carbocycles. The molecule has 0 aliphatic carbocycles. The summed E-state index contributed by atoms with van der Waals surface area (Å²) in [6.45, 7) is 11.6.